The summed E-state index contributed by atoms with van der Waals surface area (Å²) in [6.07, 6.45) is 1.78. The zero-order valence-corrected chi connectivity index (χ0v) is 15.2. The average molecular weight is 343 g/mol. The lowest BCUT2D eigenvalue weighted by Gasteiger charge is -2.35. The topological polar surface area (TPSA) is 51.2 Å². The summed E-state index contributed by atoms with van der Waals surface area (Å²) in [4.78, 5) is 2.32. The Labute approximate surface area is 148 Å². The predicted molar refractivity (Wildman–Crippen MR) is 97.0 cm³/mol. The molecule has 0 fully saturated rings. The van der Waals surface area contributed by atoms with Gasteiger partial charge in [0.25, 0.3) is 0 Å². The van der Waals surface area contributed by atoms with E-state index < -0.39 is 0 Å². The molecule has 134 valence electrons. The zero-order valence-electron chi connectivity index (χ0n) is 15.2. The molecule has 1 atom stereocenters. The fraction of sp³-hybridized carbons (Fsp3) is 0.400. The summed E-state index contributed by atoms with van der Waals surface area (Å²) in [7, 11) is 6.99. The van der Waals surface area contributed by atoms with E-state index in [1.807, 2.05) is 24.3 Å². The standard InChI is InChI=1S/C20H25NO4/c1-21-8-7-14-11-19(24-3)17(22)12-15(14)16(21)9-13-5-6-18(23-2)20(10-13)25-4/h5-6,10-12,16,22H,7-9H2,1-4H3/t16-/m0/s1. The number of methoxy groups -OCH3 is 3. The van der Waals surface area contributed by atoms with Crippen LogP contribution in [0.2, 0.25) is 0 Å². The lowest BCUT2D eigenvalue weighted by molar-refractivity contribution is 0.228. The predicted octanol–water partition coefficient (Wildman–Crippen LogP) is 3.19. The molecule has 0 spiro atoms. The third kappa shape index (κ3) is 3.37. The van der Waals surface area contributed by atoms with E-state index in [0.717, 1.165) is 42.0 Å². The third-order valence-corrected chi connectivity index (χ3v) is 4.94. The van der Waals surface area contributed by atoms with Crippen LogP contribution in [-0.4, -0.2) is 44.9 Å². The lowest BCUT2D eigenvalue weighted by Crippen LogP contribution is -2.33. The molecule has 2 aromatic carbocycles. The highest BCUT2D eigenvalue weighted by molar-refractivity contribution is 5.49. The number of nitrogens with zero attached hydrogens (tertiary/aromatic N) is 1. The van der Waals surface area contributed by atoms with Gasteiger partial charge in [0.1, 0.15) is 0 Å². The van der Waals surface area contributed by atoms with Crippen LogP contribution in [0.25, 0.3) is 0 Å². The summed E-state index contributed by atoms with van der Waals surface area (Å²) >= 11 is 0. The second kappa shape index (κ2) is 7.23. The second-order valence-corrected chi connectivity index (χ2v) is 6.36. The van der Waals surface area contributed by atoms with Gasteiger partial charge in [-0.05, 0) is 60.8 Å². The molecule has 0 aliphatic carbocycles. The van der Waals surface area contributed by atoms with Crippen molar-refractivity contribution in [2.45, 2.75) is 18.9 Å². The molecule has 2 aromatic rings. The van der Waals surface area contributed by atoms with E-state index in [1.54, 1.807) is 21.3 Å². The Morgan fingerprint density at radius 3 is 2.40 bits per heavy atom. The first-order valence-corrected chi connectivity index (χ1v) is 8.38. The van der Waals surface area contributed by atoms with Crippen molar-refractivity contribution in [3.05, 3.63) is 47.0 Å². The van der Waals surface area contributed by atoms with Gasteiger partial charge in [-0.2, -0.15) is 0 Å². The SMILES string of the molecule is COc1cc2c(cc1O)[C@H](Cc1ccc(OC)c(OC)c1)N(C)CC2. The Morgan fingerprint density at radius 1 is 1.00 bits per heavy atom. The minimum Gasteiger partial charge on any atom is -0.504 e. The van der Waals surface area contributed by atoms with Crippen molar-refractivity contribution in [3.8, 4) is 23.0 Å². The fourth-order valence-corrected chi connectivity index (χ4v) is 3.50. The Kier molecular flexibility index (Phi) is 5.04. The van der Waals surface area contributed by atoms with Crippen LogP contribution in [0.4, 0.5) is 0 Å². The van der Waals surface area contributed by atoms with Crippen molar-refractivity contribution in [2.24, 2.45) is 0 Å². The van der Waals surface area contributed by atoms with E-state index in [9.17, 15) is 5.11 Å². The molecule has 0 bridgehead atoms. The van der Waals surface area contributed by atoms with Crippen molar-refractivity contribution in [1.82, 2.24) is 4.90 Å². The second-order valence-electron chi connectivity index (χ2n) is 6.36. The van der Waals surface area contributed by atoms with Gasteiger partial charge in [0, 0.05) is 12.6 Å². The molecule has 5 heteroatoms. The minimum atomic E-state index is 0.189. The Bertz CT molecular complexity index is 760. The number of phenols is 1. The highest BCUT2D eigenvalue weighted by atomic mass is 16.5. The van der Waals surface area contributed by atoms with Gasteiger partial charge < -0.3 is 19.3 Å². The molecular formula is C20H25NO4. The number of aromatic hydroxyl groups is 1. The molecule has 0 amide bonds. The molecule has 3 rings (SSSR count). The number of hydrogen-bond donors (Lipinski definition) is 1. The van der Waals surface area contributed by atoms with E-state index in [-0.39, 0.29) is 11.8 Å². The molecule has 25 heavy (non-hydrogen) atoms. The molecule has 5 nitrogen and oxygen atoms in total. The van der Waals surface area contributed by atoms with Crippen LogP contribution in [0.3, 0.4) is 0 Å². The number of phenolic OH excluding ortho intramolecular Hbond substituents is 1. The summed E-state index contributed by atoms with van der Waals surface area (Å²) in [6, 6.07) is 10.0. The van der Waals surface area contributed by atoms with Crippen molar-refractivity contribution >= 4 is 0 Å². The van der Waals surface area contributed by atoms with E-state index >= 15 is 0 Å². The van der Waals surface area contributed by atoms with E-state index in [1.165, 1.54) is 5.56 Å². The van der Waals surface area contributed by atoms with Gasteiger partial charge in [0.2, 0.25) is 0 Å². The molecule has 0 saturated heterocycles. The van der Waals surface area contributed by atoms with Crippen LogP contribution in [0, 0.1) is 0 Å². The van der Waals surface area contributed by atoms with Gasteiger partial charge >= 0.3 is 0 Å². The fourth-order valence-electron chi connectivity index (χ4n) is 3.50. The van der Waals surface area contributed by atoms with Crippen LogP contribution in [0.1, 0.15) is 22.7 Å². The summed E-state index contributed by atoms with van der Waals surface area (Å²) in [5.41, 5.74) is 3.55. The largest absolute Gasteiger partial charge is 0.504 e. The number of rotatable bonds is 5. The summed E-state index contributed by atoms with van der Waals surface area (Å²) in [5, 5.41) is 10.2. The van der Waals surface area contributed by atoms with Gasteiger partial charge in [-0.3, -0.25) is 4.90 Å². The maximum absolute atomic E-state index is 10.2. The van der Waals surface area contributed by atoms with E-state index in [2.05, 4.69) is 18.0 Å². The van der Waals surface area contributed by atoms with Gasteiger partial charge in [-0.1, -0.05) is 6.07 Å². The van der Waals surface area contributed by atoms with Crippen LogP contribution >= 0.6 is 0 Å². The number of likely N-dealkylation sites (N-methyl/N-ethyl adjacent to an activating group) is 1. The quantitative estimate of drug-likeness (QED) is 0.904. The molecule has 0 unspecified atom stereocenters. The van der Waals surface area contributed by atoms with Crippen LogP contribution in [0.15, 0.2) is 30.3 Å². The molecular weight excluding hydrogens is 318 g/mol. The van der Waals surface area contributed by atoms with Gasteiger partial charge in [-0.15, -0.1) is 0 Å². The summed E-state index contributed by atoms with van der Waals surface area (Å²) < 4.78 is 16.0. The van der Waals surface area contributed by atoms with Crippen molar-refractivity contribution < 1.29 is 19.3 Å². The normalized spacial score (nSPS) is 17.0. The monoisotopic (exact) mass is 343 g/mol. The van der Waals surface area contributed by atoms with Crippen molar-refractivity contribution in [1.29, 1.82) is 0 Å². The summed E-state index contributed by atoms with van der Waals surface area (Å²) in [5.74, 6) is 2.18. The lowest BCUT2D eigenvalue weighted by atomic mass is 9.88. The average Bonchev–Trinajstić information content (AvgIpc) is 2.63. The van der Waals surface area contributed by atoms with Crippen LogP contribution in [-0.2, 0) is 12.8 Å². The van der Waals surface area contributed by atoms with Crippen molar-refractivity contribution in [2.75, 3.05) is 34.9 Å². The van der Waals surface area contributed by atoms with Gasteiger partial charge in [0.15, 0.2) is 23.0 Å². The number of benzene rings is 2. The Morgan fingerprint density at radius 2 is 1.72 bits per heavy atom. The zero-order chi connectivity index (χ0) is 18.0. The van der Waals surface area contributed by atoms with Crippen LogP contribution in [0.5, 0.6) is 23.0 Å². The summed E-state index contributed by atoms with van der Waals surface area (Å²) in [6.45, 7) is 0.971. The Hall–Kier alpha value is -2.40. The van der Waals surface area contributed by atoms with Crippen LogP contribution < -0.4 is 14.2 Å². The van der Waals surface area contributed by atoms with E-state index in [0.29, 0.717) is 5.75 Å². The molecule has 1 heterocycles. The maximum atomic E-state index is 10.2. The molecule has 0 saturated carbocycles. The van der Waals surface area contributed by atoms with E-state index in [4.69, 9.17) is 14.2 Å². The molecule has 1 aliphatic heterocycles. The highest BCUT2D eigenvalue weighted by Crippen LogP contribution is 2.39. The van der Waals surface area contributed by atoms with Gasteiger partial charge in [-0.25, -0.2) is 0 Å². The Balaban J connectivity index is 1.94. The first-order valence-electron chi connectivity index (χ1n) is 8.38. The van der Waals surface area contributed by atoms with Gasteiger partial charge in [0.05, 0.1) is 21.3 Å². The molecule has 1 N–H and O–H groups in total. The number of fused-ring (bicyclic) bond motifs is 1. The smallest absolute Gasteiger partial charge is 0.160 e. The third-order valence-electron chi connectivity index (χ3n) is 4.94. The molecule has 0 radical (unpaired) electrons. The maximum Gasteiger partial charge on any atom is 0.160 e. The number of ether oxygens (including phenoxy) is 3. The molecule has 0 aromatic heterocycles. The first-order chi connectivity index (χ1) is 12.1. The van der Waals surface area contributed by atoms with Crippen molar-refractivity contribution in [3.63, 3.8) is 0 Å². The highest BCUT2D eigenvalue weighted by Gasteiger charge is 2.27. The first kappa shape index (κ1) is 17.4. The number of hydrogen-bond acceptors (Lipinski definition) is 5. The molecule has 1 aliphatic rings. The minimum absolute atomic E-state index is 0.189.